The molecule has 10 heteroatoms. The Balaban J connectivity index is 1.39. The molecule has 0 bridgehead atoms. The van der Waals surface area contributed by atoms with Crippen LogP contribution in [0.25, 0.3) is 11.3 Å². The minimum Gasteiger partial charge on any atom is -0.359 e. The SMILES string of the molecule is O=S(=O)(c1cccc(C(F)(F)F)c1)N1CCN(Cc2cc(-c3ccccc3)no2)CC1. The van der Waals surface area contributed by atoms with E-state index in [1.165, 1.54) is 10.4 Å². The Labute approximate surface area is 177 Å². The van der Waals surface area contributed by atoms with Gasteiger partial charge in [-0.25, -0.2) is 8.42 Å². The summed E-state index contributed by atoms with van der Waals surface area (Å²) in [5.41, 5.74) is 0.683. The smallest absolute Gasteiger partial charge is 0.359 e. The second kappa shape index (κ2) is 8.45. The van der Waals surface area contributed by atoms with Crippen molar-refractivity contribution < 1.29 is 26.1 Å². The monoisotopic (exact) mass is 451 g/mol. The Morgan fingerprint density at radius 1 is 0.935 bits per heavy atom. The zero-order valence-electron chi connectivity index (χ0n) is 16.4. The largest absolute Gasteiger partial charge is 0.416 e. The van der Waals surface area contributed by atoms with Crippen LogP contribution in [0, 0.1) is 0 Å². The summed E-state index contributed by atoms with van der Waals surface area (Å²) in [6, 6.07) is 15.3. The fourth-order valence-corrected chi connectivity index (χ4v) is 4.93. The second-order valence-corrected chi connectivity index (χ2v) is 9.19. The number of halogens is 3. The molecule has 3 aromatic rings. The van der Waals surface area contributed by atoms with Gasteiger partial charge in [-0.05, 0) is 18.2 Å². The normalized spacial score (nSPS) is 16.5. The second-order valence-electron chi connectivity index (χ2n) is 7.25. The lowest BCUT2D eigenvalue weighted by Crippen LogP contribution is -2.48. The molecule has 0 atom stereocenters. The zero-order valence-corrected chi connectivity index (χ0v) is 17.2. The number of sulfonamides is 1. The Morgan fingerprint density at radius 2 is 1.65 bits per heavy atom. The van der Waals surface area contributed by atoms with Crippen molar-refractivity contribution in [2.75, 3.05) is 26.2 Å². The maximum Gasteiger partial charge on any atom is 0.416 e. The van der Waals surface area contributed by atoms with Crippen molar-refractivity contribution >= 4 is 10.0 Å². The van der Waals surface area contributed by atoms with E-state index in [1.807, 2.05) is 41.3 Å². The Hall–Kier alpha value is -2.69. The molecule has 1 aromatic heterocycles. The molecule has 6 nitrogen and oxygen atoms in total. The van der Waals surface area contributed by atoms with E-state index in [2.05, 4.69) is 5.16 Å². The van der Waals surface area contributed by atoms with Crippen LogP contribution in [-0.2, 0) is 22.7 Å². The molecule has 0 radical (unpaired) electrons. The third kappa shape index (κ3) is 4.81. The van der Waals surface area contributed by atoms with Crippen molar-refractivity contribution in [2.45, 2.75) is 17.6 Å². The molecule has 0 saturated carbocycles. The van der Waals surface area contributed by atoms with Gasteiger partial charge in [-0.2, -0.15) is 17.5 Å². The van der Waals surface area contributed by atoms with E-state index < -0.39 is 21.8 Å². The summed E-state index contributed by atoms with van der Waals surface area (Å²) >= 11 is 0. The first-order valence-corrected chi connectivity index (χ1v) is 11.1. The highest BCUT2D eigenvalue weighted by molar-refractivity contribution is 7.89. The first-order valence-electron chi connectivity index (χ1n) is 9.64. The van der Waals surface area contributed by atoms with E-state index in [4.69, 9.17) is 4.52 Å². The van der Waals surface area contributed by atoms with Crippen molar-refractivity contribution in [3.63, 3.8) is 0 Å². The van der Waals surface area contributed by atoms with Crippen molar-refractivity contribution in [3.05, 3.63) is 72.0 Å². The van der Waals surface area contributed by atoms with Crippen LogP contribution in [0.4, 0.5) is 13.2 Å². The number of nitrogens with zero attached hydrogens (tertiary/aromatic N) is 3. The van der Waals surface area contributed by atoms with Gasteiger partial charge in [-0.1, -0.05) is 41.6 Å². The topological polar surface area (TPSA) is 66.7 Å². The van der Waals surface area contributed by atoms with Gasteiger partial charge in [-0.15, -0.1) is 0 Å². The number of hydrogen-bond acceptors (Lipinski definition) is 5. The number of rotatable bonds is 5. The van der Waals surface area contributed by atoms with Gasteiger partial charge in [0.25, 0.3) is 0 Å². The van der Waals surface area contributed by atoms with Crippen LogP contribution in [0.15, 0.2) is 70.1 Å². The summed E-state index contributed by atoms with van der Waals surface area (Å²) in [7, 11) is -4.00. The summed E-state index contributed by atoms with van der Waals surface area (Å²) in [6.45, 7) is 1.69. The standard InChI is InChI=1S/C21H20F3N3O3S/c22-21(23,24)17-7-4-8-19(13-17)31(28,29)27-11-9-26(10-12-27)15-18-14-20(25-30-18)16-5-2-1-3-6-16/h1-8,13-14H,9-12,15H2. The molecule has 4 rings (SSSR count). The Kier molecular flexibility index (Phi) is 5.87. The third-order valence-electron chi connectivity index (χ3n) is 5.14. The molecule has 2 aromatic carbocycles. The molecule has 164 valence electrons. The maximum atomic E-state index is 12.9. The van der Waals surface area contributed by atoms with E-state index >= 15 is 0 Å². The summed E-state index contributed by atoms with van der Waals surface area (Å²) in [6.07, 6.45) is -4.60. The predicted molar refractivity (Wildman–Crippen MR) is 107 cm³/mol. The Bertz CT molecular complexity index is 1140. The van der Waals surface area contributed by atoms with Crippen molar-refractivity contribution in [1.82, 2.24) is 14.4 Å². The van der Waals surface area contributed by atoms with Gasteiger partial charge in [0, 0.05) is 37.8 Å². The molecule has 0 unspecified atom stereocenters. The van der Waals surface area contributed by atoms with Gasteiger partial charge >= 0.3 is 6.18 Å². The van der Waals surface area contributed by atoms with E-state index in [0.717, 1.165) is 23.4 Å². The van der Waals surface area contributed by atoms with Crippen LogP contribution in [0.2, 0.25) is 0 Å². The fraction of sp³-hybridized carbons (Fsp3) is 0.286. The molecule has 0 N–H and O–H groups in total. The minimum absolute atomic E-state index is 0.179. The van der Waals surface area contributed by atoms with Gasteiger partial charge in [0.15, 0.2) is 5.76 Å². The first-order chi connectivity index (χ1) is 14.7. The molecule has 1 aliphatic heterocycles. The first kappa shape index (κ1) is 21.5. The number of alkyl halides is 3. The van der Waals surface area contributed by atoms with Crippen LogP contribution < -0.4 is 0 Å². The molecule has 1 fully saturated rings. The zero-order chi connectivity index (χ0) is 22.1. The molecular formula is C21H20F3N3O3S. The predicted octanol–water partition coefficient (Wildman–Crippen LogP) is 3.87. The van der Waals surface area contributed by atoms with E-state index in [9.17, 15) is 21.6 Å². The Morgan fingerprint density at radius 3 is 2.32 bits per heavy atom. The lowest BCUT2D eigenvalue weighted by Gasteiger charge is -2.33. The number of hydrogen-bond donors (Lipinski definition) is 0. The number of piperazine rings is 1. The molecular weight excluding hydrogens is 431 g/mol. The average molecular weight is 451 g/mol. The van der Waals surface area contributed by atoms with Gasteiger partial charge in [0.05, 0.1) is 17.0 Å². The molecule has 0 aliphatic carbocycles. The van der Waals surface area contributed by atoms with Crippen molar-refractivity contribution in [1.29, 1.82) is 0 Å². The number of aromatic nitrogens is 1. The molecule has 31 heavy (non-hydrogen) atoms. The molecule has 1 saturated heterocycles. The van der Waals surface area contributed by atoms with Gasteiger partial charge in [0.1, 0.15) is 5.69 Å². The third-order valence-corrected chi connectivity index (χ3v) is 7.03. The van der Waals surface area contributed by atoms with Gasteiger partial charge in [0.2, 0.25) is 10.0 Å². The van der Waals surface area contributed by atoms with Crippen LogP contribution in [0.3, 0.4) is 0 Å². The van der Waals surface area contributed by atoms with E-state index in [0.29, 0.717) is 31.5 Å². The van der Waals surface area contributed by atoms with Crippen LogP contribution in [0.1, 0.15) is 11.3 Å². The number of benzene rings is 2. The van der Waals surface area contributed by atoms with Crippen LogP contribution in [0.5, 0.6) is 0 Å². The van der Waals surface area contributed by atoms with Gasteiger partial charge in [-0.3, -0.25) is 4.90 Å². The molecule has 0 amide bonds. The lowest BCUT2D eigenvalue weighted by molar-refractivity contribution is -0.137. The summed E-state index contributed by atoms with van der Waals surface area (Å²) < 4.78 is 71.0. The van der Waals surface area contributed by atoms with E-state index in [1.54, 1.807) is 0 Å². The lowest BCUT2D eigenvalue weighted by atomic mass is 10.1. The average Bonchev–Trinajstić information content (AvgIpc) is 3.23. The highest BCUT2D eigenvalue weighted by Crippen LogP contribution is 2.31. The fourth-order valence-electron chi connectivity index (χ4n) is 3.46. The van der Waals surface area contributed by atoms with Crippen LogP contribution >= 0.6 is 0 Å². The summed E-state index contributed by atoms with van der Waals surface area (Å²) in [5.74, 6) is 0.660. The van der Waals surface area contributed by atoms with Crippen LogP contribution in [-0.4, -0.2) is 49.0 Å². The van der Waals surface area contributed by atoms with Crippen molar-refractivity contribution in [3.8, 4) is 11.3 Å². The maximum absolute atomic E-state index is 12.9. The summed E-state index contributed by atoms with van der Waals surface area (Å²) in [5, 5.41) is 4.07. The quantitative estimate of drug-likeness (QED) is 0.589. The molecule has 0 spiro atoms. The highest BCUT2D eigenvalue weighted by Gasteiger charge is 2.34. The van der Waals surface area contributed by atoms with Gasteiger partial charge < -0.3 is 4.52 Å². The molecule has 1 aliphatic rings. The minimum atomic E-state index is -4.60. The highest BCUT2D eigenvalue weighted by atomic mass is 32.2. The van der Waals surface area contributed by atoms with Crippen molar-refractivity contribution in [2.24, 2.45) is 0 Å². The van der Waals surface area contributed by atoms with E-state index in [-0.39, 0.29) is 18.0 Å². The molecule has 2 heterocycles. The summed E-state index contributed by atoms with van der Waals surface area (Å²) in [4.78, 5) is 1.67.